The zero-order chi connectivity index (χ0) is 18.3. The van der Waals surface area contributed by atoms with Crippen molar-refractivity contribution in [1.82, 2.24) is 9.47 Å². The summed E-state index contributed by atoms with van der Waals surface area (Å²) in [5, 5.41) is 2.56. The molecule has 0 bridgehead atoms. The topological polar surface area (TPSA) is 25.2 Å². The molecule has 0 saturated carbocycles. The van der Waals surface area contributed by atoms with E-state index in [-0.39, 0.29) is 17.8 Å². The second kappa shape index (κ2) is 8.19. The molecule has 0 atom stereocenters. The molecule has 0 radical (unpaired) electrons. The summed E-state index contributed by atoms with van der Waals surface area (Å²) >= 11 is 7.81. The Morgan fingerprint density at radius 2 is 1.81 bits per heavy atom. The zero-order valence-electron chi connectivity index (χ0n) is 15.4. The number of para-hydroxylation sites is 1. The summed E-state index contributed by atoms with van der Waals surface area (Å²) in [6.07, 6.45) is 0. The van der Waals surface area contributed by atoms with Gasteiger partial charge in [-0.05, 0) is 37.4 Å². The number of hydrogen-bond acceptors (Lipinski definition) is 3. The average molecular weight is 421 g/mol. The van der Waals surface area contributed by atoms with Crippen LogP contribution in [0.5, 0.6) is 0 Å². The highest BCUT2D eigenvalue weighted by atomic mass is 35.5. The summed E-state index contributed by atoms with van der Waals surface area (Å²) in [5.74, 6) is 0. The summed E-state index contributed by atoms with van der Waals surface area (Å²) < 4.78 is 4.21. The first-order valence-electron chi connectivity index (χ1n) is 8.99. The van der Waals surface area contributed by atoms with Crippen molar-refractivity contribution >= 4 is 66.6 Å². The van der Waals surface area contributed by atoms with Crippen LogP contribution in [0.4, 0.5) is 0 Å². The summed E-state index contributed by atoms with van der Waals surface area (Å²) in [5.41, 5.74) is 2.05. The molecule has 2 aromatic heterocycles. The van der Waals surface area contributed by atoms with E-state index in [2.05, 4.69) is 35.4 Å². The molecule has 142 valence electrons. The van der Waals surface area contributed by atoms with Gasteiger partial charge in [-0.3, -0.25) is 4.79 Å². The summed E-state index contributed by atoms with van der Waals surface area (Å²) in [6, 6.07) is 13.8. The lowest BCUT2D eigenvalue weighted by Crippen LogP contribution is -2.27. The maximum atomic E-state index is 13.3. The summed E-state index contributed by atoms with van der Waals surface area (Å²) in [7, 11) is 0. The quantitative estimate of drug-likeness (QED) is 0.408. The van der Waals surface area contributed by atoms with Gasteiger partial charge in [-0.15, -0.1) is 23.7 Å². The van der Waals surface area contributed by atoms with E-state index in [9.17, 15) is 4.79 Å². The Morgan fingerprint density at radius 3 is 2.56 bits per heavy atom. The van der Waals surface area contributed by atoms with E-state index in [0.717, 1.165) is 57.4 Å². The fraction of sp³-hybridized carbons (Fsp3) is 0.286. The molecule has 27 heavy (non-hydrogen) atoms. The number of benzene rings is 2. The number of fused-ring (bicyclic) bond motifs is 4. The molecule has 0 spiro atoms. The van der Waals surface area contributed by atoms with Crippen molar-refractivity contribution in [2.24, 2.45) is 0 Å². The summed E-state index contributed by atoms with van der Waals surface area (Å²) in [4.78, 5) is 15.7. The number of nitrogens with zero attached hydrogens (tertiary/aromatic N) is 2. The molecule has 3 nitrogen and oxygen atoms in total. The second-order valence-electron chi connectivity index (χ2n) is 6.45. The van der Waals surface area contributed by atoms with Crippen LogP contribution in [0.15, 0.2) is 47.3 Å². The van der Waals surface area contributed by atoms with Gasteiger partial charge in [0.1, 0.15) is 5.52 Å². The number of halogens is 2. The predicted octanol–water partition coefficient (Wildman–Crippen LogP) is 5.79. The highest BCUT2D eigenvalue weighted by Gasteiger charge is 2.17. The van der Waals surface area contributed by atoms with Crippen molar-refractivity contribution in [2.45, 2.75) is 20.4 Å². The van der Waals surface area contributed by atoms with Gasteiger partial charge in [0, 0.05) is 33.6 Å². The van der Waals surface area contributed by atoms with Crippen LogP contribution in [0, 0.1) is 0 Å². The molecule has 0 unspecified atom stereocenters. The highest BCUT2D eigenvalue weighted by Crippen LogP contribution is 2.34. The number of hydrogen-bond donors (Lipinski definition) is 0. The van der Waals surface area contributed by atoms with Gasteiger partial charge in [-0.25, -0.2) is 0 Å². The lowest BCUT2D eigenvalue weighted by molar-refractivity contribution is 0.293. The number of aromatic nitrogens is 1. The van der Waals surface area contributed by atoms with Crippen molar-refractivity contribution in [3.63, 3.8) is 0 Å². The average Bonchev–Trinajstić information content (AvgIpc) is 2.97. The van der Waals surface area contributed by atoms with Gasteiger partial charge >= 0.3 is 0 Å². The van der Waals surface area contributed by atoms with Gasteiger partial charge in [0.25, 0.3) is 0 Å². The normalized spacial score (nSPS) is 11.6. The van der Waals surface area contributed by atoms with E-state index in [1.807, 2.05) is 24.3 Å². The molecule has 4 rings (SSSR count). The summed E-state index contributed by atoms with van der Waals surface area (Å²) in [6.45, 7) is 8.13. The Balaban J connectivity index is 0.00000210. The Labute approximate surface area is 173 Å². The molecule has 0 aliphatic rings. The molecular weight excluding hydrogens is 399 g/mol. The van der Waals surface area contributed by atoms with Crippen LogP contribution < -0.4 is 5.43 Å². The predicted molar refractivity (Wildman–Crippen MR) is 121 cm³/mol. The minimum atomic E-state index is 0. The van der Waals surface area contributed by atoms with Gasteiger partial charge in [0.05, 0.1) is 10.2 Å². The van der Waals surface area contributed by atoms with E-state index in [1.165, 1.54) is 0 Å². The molecular formula is C21H22Cl2N2OS. The first kappa shape index (κ1) is 20.2. The lowest BCUT2D eigenvalue weighted by Gasteiger charge is -2.19. The monoisotopic (exact) mass is 420 g/mol. The third-order valence-electron chi connectivity index (χ3n) is 5.07. The molecule has 4 aromatic rings. The molecule has 0 saturated heterocycles. The second-order valence-corrected chi connectivity index (χ2v) is 7.93. The van der Waals surface area contributed by atoms with Crippen LogP contribution in [0.3, 0.4) is 0 Å². The van der Waals surface area contributed by atoms with Crippen molar-refractivity contribution in [2.75, 3.05) is 19.6 Å². The van der Waals surface area contributed by atoms with Gasteiger partial charge in [0.15, 0.2) is 0 Å². The molecule has 0 aliphatic heterocycles. The smallest absolute Gasteiger partial charge is 0.212 e. The molecule has 6 heteroatoms. The fourth-order valence-electron chi connectivity index (χ4n) is 3.62. The van der Waals surface area contributed by atoms with Crippen LogP contribution in [-0.4, -0.2) is 29.1 Å². The van der Waals surface area contributed by atoms with Crippen molar-refractivity contribution in [3.05, 3.63) is 57.7 Å². The maximum Gasteiger partial charge on any atom is 0.212 e. The zero-order valence-corrected chi connectivity index (χ0v) is 17.8. The Morgan fingerprint density at radius 1 is 1.07 bits per heavy atom. The van der Waals surface area contributed by atoms with Gasteiger partial charge in [0.2, 0.25) is 5.43 Å². The highest BCUT2D eigenvalue weighted by molar-refractivity contribution is 7.25. The lowest BCUT2D eigenvalue weighted by atomic mass is 10.2. The van der Waals surface area contributed by atoms with E-state index in [0.29, 0.717) is 5.02 Å². The number of likely N-dealkylation sites (N-methyl/N-ethyl adjacent to an activating group) is 1. The molecule has 0 fully saturated rings. The first-order chi connectivity index (χ1) is 12.6. The van der Waals surface area contributed by atoms with E-state index in [4.69, 9.17) is 11.6 Å². The molecule has 0 amide bonds. The minimum absolute atomic E-state index is 0. The van der Waals surface area contributed by atoms with Crippen LogP contribution in [0.25, 0.3) is 31.2 Å². The Bertz CT molecular complexity index is 1160. The SMILES string of the molecule is CCN(CC)CCn1c2ccccc2c2sc3cc(Cl)ccc3c(=O)c21.Cl. The van der Waals surface area contributed by atoms with Gasteiger partial charge in [-0.1, -0.05) is 43.6 Å². The van der Waals surface area contributed by atoms with Crippen LogP contribution in [0.1, 0.15) is 13.8 Å². The Hall–Kier alpha value is -1.59. The first-order valence-corrected chi connectivity index (χ1v) is 10.2. The molecule has 0 N–H and O–H groups in total. The standard InChI is InChI=1S/C21H21ClN2OS.ClH/c1-3-23(4-2)11-12-24-17-8-6-5-7-15(17)21-19(24)20(25)16-10-9-14(22)13-18(16)26-21;/h5-10,13H,3-4,11-12H2,1-2H3;1H. The largest absolute Gasteiger partial charge is 0.335 e. The van der Waals surface area contributed by atoms with Crippen molar-refractivity contribution in [1.29, 1.82) is 0 Å². The van der Waals surface area contributed by atoms with Gasteiger partial charge < -0.3 is 9.47 Å². The van der Waals surface area contributed by atoms with E-state index in [1.54, 1.807) is 17.4 Å². The van der Waals surface area contributed by atoms with Crippen LogP contribution in [-0.2, 0) is 6.54 Å². The van der Waals surface area contributed by atoms with Gasteiger partial charge in [-0.2, -0.15) is 0 Å². The van der Waals surface area contributed by atoms with E-state index < -0.39 is 0 Å². The minimum Gasteiger partial charge on any atom is -0.335 e. The van der Waals surface area contributed by atoms with Crippen LogP contribution in [0.2, 0.25) is 5.02 Å². The van der Waals surface area contributed by atoms with Crippen molar-refractivity contribution in [3.8, 4) is 0 Å². The fourth-order valence-corrected chi connectivity index (χ4v) is 5.12. The molecule has 0 aliphatic carbocycles. The van der Waals surface area contributed by atoms with E-state index >= 15 is 0 Å². The maximum absolute atomic E-state index is 13.3. The number of rotatable bonds is 5. The molecule has 2 aromatic carbocycles. The molecule has 2 heterocycles. The van der Waals surface area contributed by atoms with Crippen molar-refractivity contribution < 1.29 is 0 Å². The third kappa shape index (κ3) is 3.47. The van der Waals surface area contributed by atoms with Crippen LogP contribution >= 0.6 is 35.3 Å². The Kier molecular flexibility index (Phi) is 6.11. The third-order valence-corrected chi connectivity index (χ3v) is 6.48.